The first kappa shape index (κ1) is 16.5. The largest absolute Gasteiger partial charge is 0.395 e. The molecule has 0 spiro atoms. The Morgan fingerprint density at radius 2 is 2.00 bits per heavy atom. The molecule has 5 nitrogen and oxygen atoms in total. The van der Waals surface area contributed by atoms with E-state index in [4.69, 9.17) is 17.3 Å². The van der Waals surface area contributed by atoms with Crippen molar-refractivity contribution in [1.82, 2.24) is 4.98 Å². The summed E-state index contributed by atoms with van der Waals surface area (Å²) in [5.74, 6) is -1.08. The van der Waals surface area contributed by atoms with Gasteiger partial charge < -0.3 is 5.73 Å². The van der Waals surface area contributed by atoms with E-state index in [0.717, 1.165) is 6.07 Å². The number of halogens is 4. The molecule has 0 bridgehead atoms. The molecule has 10 heteroatoms. The number of benzene rings is 1. The second kappa shape index (κ2) is 6.07. The van der Waals surface area contributed by atoms with E-state index in [0.29, 0.717) is 4.60 Å². The first-order valence-electron chi connectivity index (χ1n) is 5.29. The van der Waals surface area contributed by atoms with Crippen LogP contribution < -0.4 is 10.5 Å². The summed E-state index contributed by atoms with van der Waals surface area (Å²) in [7, 11) is -4.18. The number of pyridine rings is 1. The number of rotatable bonds is 3. The summed E-state index contributed by atoms with van der Waals surface area (Å²) in [5.41, 5.74) is 5.27. The van der Waals surface area contributed by atoms with E-state index in [1.807, 2.05) is 0 Å². The summed E-state index contributed by atoms with van der Waals surface area (Å²) >= 11 is 11.9. The van der Waals surface area contributed by atoms with E-state index in [1.165, 1.54) is 18.3 Å². The summed E-state index contributed by atoms with van der Waals surface area (Å²) in [6.45, 7) is 0. The predicted molar refractivity (Wildman–Crippen MR) is 86.3 cm³/mol. The molecule has 0 aliphatic heterocycles. The van der Waals surface area contributed by atoms with Crippen molar-refractivity contribution in [1.29, 1.82) is 0 Å². The number of hydrogen-bond donors (Lipinski definition) is 2. The molecule has 0 saturated carbocycles. The molecule has 2 aromatic rings. The summed E-state index contributed by atoms with van der Waals surface area (Å²) in [6.07, 6.45) is 1.28. The Bertz CT molecular complexity index is 800. The van der Waals surface area contributed by atoms with Gasteiger partial charge in [0.2, 0.25) is 0 Å². The van der Waals surface area contributed by atoms with Crippen LogP contribution in [0.5, 0.6) is 0 Å². The maximum absolute atomic E-state index is 14.0. The highest BCUT2D eigenvalue weighted by atomic mass is 79.9. The Kier molecular flexibility index (Phi) is 4.76. The lowest BCUT2D eigenvalue weighted by molar-refractivity contribution is 0.572. The average Bonchev–Trinajstić information content (AvgIpc) is 2.42. The summed E-state index contributed by atoms with van der Waals surface area (Å²) < 4.78 is 41.3. The Labute approximate surface area is 142 Å². The van der Waals surface area contributed by atoms with Gasteiger partial charge in [-0.1, -0.05) is 11.6 Å². The van der Waals surface area contributed by atoms with Gasteiger partial charge in [-0.2, -0.15) is 0 Å². The van der Waals surface area contributed by atoms with Gasteiger partial charge >= 0.3 is 0 Å². The number of sulfonamides is 1. The van der Waals surface area contributed by atoms with Gasteiger partial charge in [-0.15, -0.1) is 0 Å². The molecule has 0 fully saturated rings. The molecule has 0 saturated heterocycles. The molecule has 0 unspecified atom stereocenters. The fourth-order valence-electron chi connectivity index (χ4n) is 1.44. The minimum atomic E-state index is -4.18. The van der Waals surface area contributed by atoms with E-state index in [9.17, 15) is 12.8 Å². The molecule has 112 valence electrons. The van der Waals surface area contributed by atoms with Crippen LogP contribution in [0.4, 0.5) is 15.8 Å². The standard InChI is InChI=1S/C11H7Br2ClFN3O2S/c12-8-2-1-5(4-17-8)18-21(19,20)7-3-6(14)9(13)11(16)10(7)15/h1-4,18H,16H2. The molecule has 0 amide bonds. The van der Waals surface area contributed by atoms with Crippen molar-refractivity contribution in [3.63, 3.8) is 0 Å². The van der Waals surface area contributed by atoms with Gasteiger partial charge in [0, 0.05) is 0 Å². The lowest BCUT2D eigenvalue weighted by atomic mass is 10.3. The topological polar surface area (TPSA) is 85.1 Å². The maximum Gasteiger partial charge on any atom is 0.265 e. The van der Waals surface area contributed by atoms with Crippen LogP contribution in [-0.4, -0.2) is 13.4 Å². The fraction of sp³-hybridized carbons (Fsp3) is 0. The molecule has 2 rings (SSSR count). The molecule has 1 aromatic carbocycles. The van der Waals surface area contributed by atoms with Crippen LogP contribution in [-0.2, 0) is 10.0 Å². The quantitative estimate of drug-likeness (QED) is 0.416. The number of nitrogens with zero attached hydrogens (tertiary/aromatic N) is 1. The van der Waals surface area contributed by atoms with E-state index < -0.39 is 20.7 Å². The van der Waals surface area contributed by atoms with Gasteiger partial charge in [0.15, 0.2) is 5.82 Å². The smallest absolute Gasteiger partial charge is 0.265 e. The average molecular weight is 460 g/mol. The van der Waals surface area contributed by atoms with Gasteiger partial charge in [-0.25, -0.2) is 17.8 Å². The molecular formula is C11H7Br2ClFN3O2S. The lowest BCUT2D eigenvalue weighted by Crippen LogP contribution is -2.16. The second-order valence-electron chi connectivity index (χ2n) is 3.87. The van der Waals surface area contributed by atoms with Gasteiger partial charge in [-0.3, -0.25) is 4.72 Å². The van der Waals surface area contributed by atoms with Crippen LogP contribution in [0, 0.1) is 5.82 Å². The molecule has 0 aliphatic carbocycles. The van der Waals surface area contributed by atoms with Crippen molar-refractivity contribution in [3.8, 4) is 0 Å². The summed E-state index contributed by atoms with van der Waals surface area (Å²) in [5, 5.41) is -0.0109. The Morgan fingerprint density at radius 1 is 1.33 bits per heavy atom. The molecule has 21 heavy (non-hydrogen) atoms. The highest BCUT2D eigenvalue weighted by Gasteiger charge is 2.24. The number of nitrogens with two attached hydrogens (primary N) is 1. The Morgan fingerprint density at radius 3 is 2.57 bits per heavy atom. The van der Waals surface area contributed by atoms with Crippen molar-refractivity contribution in [2.75, 3.05) is 10.5 Å². The molecule has 0 radical (unpaired) electrons. The van der Waals surface area contributed by atoms with Crippen LogP contribution in [0.2, 0.25) is 5.02 Å². The molecule has 0 atom stereocenters. The number of anilines is 2. The molecule has 0 aliphatic rings. The Hall–Kier alpha value is -0.900. The minimum Gasteiger partial charge on any atom is -0.395 e. The third-order valence-corrected chi connectivity index (χ3v) is 5.66. The Balaban J connectivity index is 2.47. The fourth-order valence-corrected chi connectivity index (χ4v) is 3.40. The monoisotopic (exact) mass is 457 g/mol. The van der Waals surface area contributed by atoms with E-state index in [1.54, 1.807) is 0 Å². The predicted octanol–water partition coefficient (Wildman–Crippen LogP) is 3.78. The highest BCUT2D eigenvalue weighted by Crippen LogP contribution is 2.35. The van der Waals surface area contributed by atoms with Gasteiger partial charge in [0.1, 0.15) is 9.50 Å². The molecule has 1 heterocycles. The van der Waals surface area contributed by atoms with E-state index >= 15 is 0 Å². The van der Waals surface area contributed by atoms with Gasteiger partial charge in [0.05, 0.1) is 27.1 Å². The molecule has 3 N–H and O–H groups in total. The zero-order valence-corrected chi connectivity index (χ0v) is 14.8. The number of nitrogen functional groups attached to an aromatic ring is 1. The SMILES string of the molecule is Nc1c(F)c(S(=O)(=O)Nc2ccc(Br)nc2)cc(Cl)c1Br. The van der Waals surface area contributed by atoms with Crippen molar-refractivity contribution >= 4 is 64.9 Å². The third kappa shape index (κ3) is 3.47. The zero-order valence-electron chi connectivity index (χ0n) is 10.1. The van der Waals surface area contributed by atoms with Crippen LogP contribution in [0.15, 0.2) is 38.4 Å². The summed E-state index contributed by atoms with van der Waals surface area (Å²) in [6, 6.07) is 3.99. The zero-order chi connectivity index (χ0) is 15.8. The first-order valence-corrected chi connectivity index (χ1v) is 8.74. The first-order chi connectivity index (χ1) is 9.72. The van der Waals surface area contributed by atoms with Gasteiger partial charge in [0.25, 0.3) is 10.0 Å². The molecule has 1 aromatic heterocycles. The number of nitrogens with one attached hydrogen (secondary N) is 1. The van der Waals surface area contributed by atoms with Crippen LogP contribution in [0.1, 0.15) is 0 Å². The summed E-state index contributed by atoms with van der Waals surface area (Å²) in [4.78, 5) is 3.22. The number of hydrogen-bond acceptors (Lipinski definition) is 4. The third-order valence-electron chi connectivity index (χ3n) is 2.43. The van der Waals surface area contributed by atoms with E-state index in [-0.39, 0.29) is 20.9 Å². The van der Waals surface area contributed by atoms with Crippen LogP contribution >= 0.6 is 43.5 Å². The van der Waals surface area contributed by atoms with Crippen molar-refractivity contribution < 1.29 is 12.8 Å². The van der Waals surface area contributed by atoms with Crippen molar-refractivity contribution in [3.05, 3.63) is 44.3 Å². The van der Waals surface area contributed by atoms with Crippen LogP contribution in [0.3, 0.4) is 0 Å². The van der Waals surface area contributed by atoms with Crippen molar-refractivity contribution in [2.45, 2.75) is 4.90 Å². The highest BCUT2D eigenvalue weighted by molar-refractivity contribution is 9.10. The second-order valence-corrected chi connectivity index (χ2v) is 7.54. The lowest BCUT2D eigenvalue weighted by Gasteiger charge is -2.11. The van der Waals surface area contributed by atoms with Gasteiger partial charge in [-0.05, 0) is 50.1 Å². The minimum absolute atomic E-state index is 0.0109. The number of aromatic nitrogens is 1. The maximum atomic E-state index is 14.0. The van der Waals surface area contributed by atoms with Crippen molar-refractivity contribution in [2.24, 2.45) is 0 Å². The normalized spacial score (nSPS) is 11.4. The van der Waals surface area contributed by atoms with Crippen LogP contribution in [0.25, 0.3) is 0 Å². The van der Waals surface area contributed by atoms with E-state index in [2.05, 4.69) is 41.6 Å². The molecular weight excluding hydrogens is 452 g/mol.